The van der Waals surface area contributed by atoms with E-state index in [2.05, 4.69) is 5.32 Å². The summed E-state index contributed by atoms with van der Waals surface area (Å²) in [5.41, 5.74) is 6.60. The number of nitrogens with two attached hydrogens (primary N) is 1. The van der Waals surface area contributed by atoms with Crippen LogP contribution in [-0.2, 0) is 11.2 Å². The van der Waals surface area contributed by atoms with Gasteiger partial charge in [0.15, 0.2) is 17.6 Å². The number of ether oxygens (including phenoxy) is 2. The van der Waals surface area contributed by atoms with E-state index in [4.69, 9.17) is 15.2 Å². The van der Waals surface area contributed by atoms with Gasteiger partial charge in [-0.25, -0.2) is 0 Å². The normalized spacial score (nSPS) is 12.1. The van der Waals surface area contributed by atoms with Gasteiger partial charge in [-0.05, 0) is 51.4 Å². The van der Waals surface area contributed by atoms with Gasteiger partial charge in [-0.3, -0.25) is 4.79 Å². The molecule has 1 atom stereocenters. The number of nitrogens with one attached hydrogen (secondary N) is 1. The van der Waals surface area contributed by atoms with Gasteiger partial charge in [0.1, 0.15) is 0 Å². The fraction of sp³-hybridized carbons (Fsp3) is 0.533. The highest BCUT2D eigenvalue weighted by Crippen LogP contribution is 2.29. The van der Waals surface area contributed by atoms with Gasteiger partial charge in [-0.1, -0.05) is 6.07 Å². The van der Waals surface area contributed by atoms with E-state index in [-0.39, 0.29) is 11.9 Å². The van der Waals surface area contributed by atoms with E-state index in [1.165, 1.54) is 0 Å². The Bertz CT molecular complexity index is 447. The summed E-state index contributed by atoms with van der Waals surface area (Å²) in [4.78, 5) is 11.9. The number of carbonyl (C=O) groups is 1. The van der Waals surface area contributed by atoms with Crippen molar-refractivity contribution in [3.63, 3.8) is 0 Å². The third-order valence-corrected chi connectivity index (χ3v) is 2.76. The lowest BCUT2D eigenvalue weighted by atomic mass is 10.1. The van der Waals surface area contributed by atoms with Gasteiger partial charge >= 0.3 is 0 Å². The first-order valence-electron chi connectivity index (χ1n) is 6.82. The number of rotatable bonds is 7. The van der Waals surface area contributed by atoms with Crippen LogP contribution < -0.4 is 20.5 Å². The van der Waals surface area contributed by atoms with E-state index in [9.17, 15) is 4.79 Å². The van der Waals surface area contributed by atoms with Crippen LogP contribution >= 0.6 is 0 Å². The van der Waals surface area contributed by atoms with Crippen LogP contribution in [-0.4, -0.2) is 31.7 Å². The number of amides is 1. The zero-order chi connectivity index (χ0) is 15.1. The minimum atomic E-state index is -0.584. The molecule has 0 aliphatic rings. The molecule has 0 spiro atoms. The molecule has 5 heteroatoms. The van der Waals surface area contributed by atoms with Crippen molar-refractivity contribution in [2.75, 3.05) is 13.7 Å². The summed E-state index contributed by atoms with van der Waals surface area (Å²) in [7, 11) is 1.57. The Balaban J connectivity index is 2.83. The molecule has 0 aromatic heterocycles. The van der Waals surface area contributed by atoms with Crippen molar-refractivity contribution < 1.29 is 14.3 Å². The highest BCUT2D eigenvalue weighted by molar-refractivity contribution is 5.81. The largest absolute Gasteiger partial charge is 0.493 e. The first-order valence-corrected chi connectivity index (χ1v) is 6.82. The minimum absolute atomic E-state index is 0.0824. The summed E-state index contributed by atoms with van der Waals surface area (Å²) in [5.74, 6) is 1.02. The molecule has 5 nitrogen and oxygen atoms in total. The van der Waals surface area contributed by atoms with Gasteiger partial charge in [-0.15, -0.1) is 0 Å². The van der Waals surface area contributed by atoms with E-state index in [0.717, 1.165) is 12.0 Å². The molecule has 20 heavy (non-hydrogen) atoms. The van der Waals surface area contributed by atoms with Crippen molar-refractivity contribution in [2.24, 2.45) is 5.73 Å². The Hall–Kier alpha value is -1.75. The molecule has 0 saturated heterocycles. The topological polar surface area (TPSA) is 73.6 Å². The number of benzene rings is 1. The first-order chi connectivity index (χ1) is 9.47. The van der Waals surface area contributed by atoms with E-state index in [1.54, 1.807) is 14.0 Å². The molecule has 1 aromatic carbocycles. The average Bonchev–Trinajstić information content (AvgIpc) is 2.38. The molecular weight excluding hydrogens is 256 g/mol. The second kappa shape index (κ2) is 7.75. The summed E-state index contributed by atoms with van der Waals surface area (Å²) in [5, 5.41) is 2.82. The molecule has 0 fully saturated rings. The smallest absolute Gasteiger partial charge is 0.260 e. The molecular formula is C15H24N2O3. The molecule has 0 bridgehead atoms. The molecule has 0 heterocycles. The Morgan fingerprint density at radius 2 is 2.00 bits per heavy atom. The molecule has 0 aliphatic carbocycles. The van der Waals surface area contributed by atoms with Crippen molar-refractivity contribution in [1.82, 2.24) is 5.32 Å². The van der Waals surface area contributed by atoms with Crippen LogP contribution in [0, 0.1) is 0 Å². The standard InChI is InChI=1S/C15H24N2O3/c1-10(2)17-15(18)11(3)20-14-9-12(7-8-16)5-6-13(14)19-4/h5-6,9-11H,7-8,16H2,1-4H3,(H,17,18). The second-order valence-electron chi connectivity index (χ2n) is 4.95. The Morgan fingerprint density at radius 3 is 2.55 bits per heavy atom. The van der Waals surface area contributed by atoms with Gasteiger partial charge in [0.05, 0.1) is 7.11 Å². The molecule has 1 unspecified atom stereocenters. The van der Waals surface area contributed by atoms with Crippen LogP contribution in [0.1, 0.15) is 26.3 Å². The van der Waals surface area contributed by atoms with Crippen molar-refractivity contribution in [2.45, 2.75) is 39.3 Å². The van der Waals surface area contributed by atoms with Gasteiger partial charge in [-0.2, -0.15) is 0 Å². The van der Waals surface area contributed by atoms with Crippen LogP contribution in [0.5, 0.6) is 11.5 Å². The number of hydrogen-bond acceptors (Lipinski definition) is 4. The summed E-state index contributed by atoms with van der Waals surface area (Å²) in [6.07, 6.45) is 0.173. The quantitative estimate of drug-likeness (QED) is 0.793. The Morgan fingerprint density at radius 1 is 1.30 bits per heavy atom. The van der Waals surface area contributed by atoms with Crippen LogP contribution in [0.3, 0.4) is 0 Å². The first kappa shape index (κ1) is 16.3. The predicted octanol–water partition coefficient (Wildman–Crippen LogP) is 1.49. The fourth-order valence-electron chi connectivity index (χ4n) is 1.78. The maximum absolute atomic E-state index is 11.9. The number of carbonyl (C=O) groups excluding carboxylic acids is 1. The van der Waals surface area contributed by atoms with Crippen LogP contribution in [0.15, 0.2) is 18.2 Å². The second-order valence-corrected chi connectivity index (χ2v) is 4.95. The molecule has 0 saturated carbocycles. The summed E-state index contributed by atoms with van der Waals surface area (Å²) >= 11 is 0. The maximum atomic E-state index is 11.9. The number of hydrogen-bond donors (Lipinski definition) is 2. The highest BCUT2D eigenvalue weighted by atomic mass is 16.5. The van der Waals surface area contributed by atoms with Crippen molar-refractivity contribution in [3.8, 4) is 11.5 Å². The fourth-order valence-corrected chi connectivity index (χ4v) is 1.78. The number of methoxy groups -OCH3 is 1. The van der Waals surface area contributed by atoms with Gasteiger partial charge in [0.25, 0.3) is 5.91 Å². The molecule has 112 valence electrons. The zero-order valence-electron chi connectivity index (χ0n) is 12.6. The van der Waals surface area contributed by atoms with Crippen molar-refractivity contribution >= 4 is 5.91 Å². The van der Waals surface area contributed by atoms with Crippen LogP contribution in [0.2, 0.25) is 0 Å². The van der Waals surface area contributed by atoms with Gasteiger partial charge in [0.2, 0.25) is 0 Å². The Labute approximate surface area is 120 Å². The Kier molecular flexibility index (Phi) is 6.31. The lowest BCUT2D eigenvalue weighted by molar-refractivity contribution is -0.127. The van der Waals surface area contributed by atoms with E-state index >= 15 is 0 Å². The van der Waals surface area contributed by atoms with E-state index in [1.807, 2.05) is 32.0 Å². The van der Waals surface area contributed by atoms with Gasteiger partial charge in [0, 0.05) is 6.04 Å². The monoisotopic (exact) mass is 280 g/mol. The van der Waals surface area contributed by atoms with Crippen molar-refractivity contribution in [1.29, 1.82) is 0 Å². The predicted molar refractivity (Wildman–Crippen MR) is 79.1 cm³/mol. The van der Waals surface area contributed by atoms with Gasteiger partial charge < -0.3 is 20.5 Å². The summed E-state index contributed by atoms with van der Waals surface area (Å²) < 4.78 is 11.0. The third kappa shape index (κ3) is 4.74. The van der Waals surface area contributed by atoms with Crippen LogP contribution in [0.4, 0.5) is 0 Å². The lowest BCUT2D eigenvalue weighted by Gasteiger charge is -2.18. The van der Waals surface area contributed by atoms with Crippen molar-refractivity contribution in [3.05, 3.63) is 23.8 Å². The molecule has 3 N–H and O–H groups in total. The van der Waals surface area contributed by atoms with E-state index < -0.39 is 6.10 Å². The molecule has 1 aromatic rings. The van der Waals surface area contributed by atoms with Crippen LogP contribution in [0.25, 0.3) is 0 Å². The average molecular weight is 280 g/mol. The third-order valence-electron chi connectivity index (χ3n) is 2.76. The highest BCUT2D eigenvalue weighted by Gasteiger charge is 2.17. The lowest BCUT2D eigenvalue weighted by Crippen LogP contribution is -2.40. The molecule has 0 aliphatic heterocycles. The zero-order valence-corrected chi connectivity index (χ0v) is 12.6. The molecule has 0 radical (unpaired) electrons. The maximum Gasteiger partial charge on any atom is 0.260 e. The molecule has 1 amide bonds. The minimum Gasteiger partial charge on any atom is -0.493 e. The SMILES string of the molecule is COc1ccc(CCN)cc1OC(C)C(=O)NC(C)C. The van der Waals surface area contributed by atoms with E-state index in [0.29, 0.717) is 18.0 Å². The molecule has 1 rings (SSSR count). The summed E-state index contributed by atoms with van der Waals surface area (Å²) in [6.45, 7) is 6.10. The summed E-state index contributed by atoms with van der Waals surface area (Å²) in [6, 6.07) is 5.72.